The van der Waals surface area contributed by atoms with E-state index >= 15 is 0 Å². The summed E-state index contributed by atoms with van der Waals surface area (Å²) < 4.78 is 5.08. The van der Waals surface area contributed by atoms with E-state index in [-0.39, 0.29) is 0 Å². The Hall–Kier alpha value is -1.22. The smallest absolute Gasteiger partial charge is 0.123 e. The van der Waals surface area contributed by atoms with Gasteiger partial charge in [-0.15, -0.1) is 0 Å². The van der Waals surface area contributed by atoms with Crippen LogP contribution >= 0.6 is 0 Å². The Balaban J connectivity index is 2.02. The number of hydrogen-bond donors (Lipinski definition) is 1. The van der Waals surface area contributed by atoms with Gasteiger partial charge in [0.15, 0.2) is 0 Å². The molecule has 1 aromatic carbocycles. The first-order valence-corrected chi connectivity index (χ1v) is 6.27. The number of methoxy groups -OCH3 is 1. The number of aromatic hydroxyl groups is 1. The third-order valence-electron chi connectivity index (χ3n) is 3.66. The van der Waals surface area contributed by atoms with Gasteiger partial charge in [0.05, 0.1) is 7.11 Å². The van der Waals surface area contributed by atoms with Crippen molar-refractivity contribution in [2.75, 3.05) is 14.2 Å². The summed E-state index contributed by atoms with van der Waals surface area (Å²) in [5.74, 6) is 1.03. The Morgan fingerprint density at radius 3 is 2.65 bits per heavy atom. The van der Waals surface area contributed by atoms with E-state index in [4.69, 9.17) is 4.74 Å². The van der Waals surface area contributed by atoms with E-state index in [1.807, 2.05) is 12.1 Å². The van der Waals surface area contributed by atoms with Gasteiger partial charge in [-0.05, 0) is 26.0 Å². The standard InChI is InChI=1S/C14H21NO2/c1-15(12-5-3-4-6-12)10-11-7-8-13(17-2)9-14(11)16/h7-9,12,16H,3-6,10H2,1-2H3. The average Bonchev–Trinajstić information content (AvgIpc) is 2.85. The molecule has 2 rings (SSSR count). The molecule has 0 unspecified atom stereocenters. The lowest BCUT2D eigenvalue weighted by Gasteiger charge is -2.24. The summed E-state index contributed by atoms with van der Waals surface area (Å²) in [7, 11) is 3.75. The summed E-state index contributed by atoms with van der Waals surface area (Å²) >= 11 is 0. The molecule has 0 heterocycles. The second kappa shape index (κ2) is 5.41. The molecule has 1 aromatic rings. The Morgan fingerprint density at radius 1 is 1.35 bits per heavy atom. The lowest BCUT2D eigenvalue weighted by Crippen LogP contribution is -2.28. The molecule has 0 atom stereocenters. The van der Waals surface area contributed by atoms with Crippen LogP contribution in [0.15, 0.2) is 18.2 Å². The third kappa shape index (κ3) is 2.91. The first kappa shape index (κ1) is 12.2. The number of rotatable bonds is 4. The Bertz CT molecular complexity index is 372. The van der Waals surface area contributed by atoms with Crippen molar-refractivity contribution in [1.82, 2.24) is 4.90 Å². The van der Waals surface area contributed by atoms with Crippen LogP contribution in [0.1, 0.15) is 31.2 Å². The summed E-state index contributed by atoms with van der Waals surface area (Å²) in [6, 6.07) is 6.20. The second-order valence-electron chi connectivity index (χ2n) is 4.85. The van der Waals surface area contributed by atoms with Gasteiger partial charge in [-0.2, -0.15) is 0 Å². The summed E-state index contributed by atoms with van der Waals surface area (Å²) in [5.41, 5.74) is 0.972. The molecule has 94 valence electrons. The maximum Gasteiger partial charge on any atom is 0.123 e. The van der Waals surface area contributed by atoms with Crippen LogP contribution in [0.3, 0.4) is 0 Å². The number of phenolic OH excluding ortho intramolecular Hbond substituents is 1. The number of benzene rings is 1. The molecule has 1 aliphatic rings. The zero-order chi connectivity index (χ0) is 12.3. The van der Waals surface area contributed by atoms with Crippen molar-refractivity contribution in [3.05, 3.63) is 23.8 Å². The molecular weight excluding hydrogens is 214 g/mol. The quantitative estimate of drug-likeness (QED) is 0.871. The molecular formula is C14H21NO2. The Labute approximate surface area is 103 Å². The molecule has 0 aliphatic heterocycles. The average molecular weight is 235 g/mol. The number of nitrogens with zero attached hydrogens (tertiary/aromatic N) is 1. The van der Waals surface area contributed by atoms with E-state index in [0.717, 1.165) is 12.1 Å². The summed E-state index contributed by atoms with van der Waals surface area (Å²) in [4.78, 5) is 2.34. The van der Waals surface area contributed by atoms with Crippen LogP contribution in [0, 0.1) is 0 Å². The highest BCUT2D eigenvalue weighted by atomic mass is 16.5. The van der Waals surface area contributed by atoms with Crippen molar-refractivity contribution in [3.63, 3.8) is 0 Å². The molecule has 0 saturated heterocycles. The van der Waals surface area contributed by atoms with Crippen LogP contribution in [0.25, 0.3) is 0 Å². The van der Waals surface area contributed by atoms with Gasteiger partial charge in [0.2, 0.25) is 0 Å². The van der Waals surface area contributed by atoms with Gasteiger partial charge in [0, 0.05) is 24.2 Å². The molecule has 1 N–H and O–H groups in total. The van der Waals surface area contributed by atoms with Gasteiger partial charge in [-0.25, -0.2) is 0 Å². The van der Waals surface area contributed by atoms with Crippen molar-refractivity contribution < 1.29 is 9.84 Å². The summed E-state index contributed by atoms with van der Waals surface area (Å²) in [6.45, 7) is 0.806. The van der Waals surface area contributed by atoms with Crippen LogP contribution in [0.5, 0.6) is 11.5 Å². The minimum atomic E-state index is 0.328. The van der Waals surface area contributed by atoms with E-state index < -0.39 is 0 Å². The van der Waals surface area contributed by atoms with Crippen LogP contribution in [0.2, 0.25) is 0 Å². The van der Waals surface area contributed by atoms with E-state index in [2.05, 4.69) is 11.9 Å². The van der Waals surface area contributed by atoms with Crippen LogP contribution in [-0.2, 0) is 6.54 Å². The predicted molar refractivity (Wildman–Crippen MR) is 68.4 cm³/mol. The molecule has 3 nitrogen and oxygen atoms in total. The highest BCUT2D eigenvalue weighted by Gasteiger charge is 2.20. The normalized spacial score (nSPS) is 16.6. The molecule has 0 amide bonds. The number of hydrogen-bond acceptors (Lipinski definition) is 3. The topological polar surface area (TPSA) is 32.7 Å². The monoisotopic (exact) mass is 235 g/mol. The largest absolute Gasteiger partial charge is 0.507 e. The second-order valence-corrected chi connectivity index (χ2v) is 4.85. The maximum absolute atomic E-state index is 9.91. The molecule has 0 spiro atoms. The fourth-order valence-electron chi connectivity index (χ4n) is 2.55. The van der Waals surface area contributed by atoms with Crippen molar-refractivity contribution in [3.8, 4) is 11.5 Å². The lowest BCUT2D eigenvalue weighted by molar-refractivity contribution is 0.234. The zero-order valence-electron chi connectivity index (χ0n) is 10.6. The molecule has 17 heavy (non-hydrogen) atoms. The SMILES string of the molecule is COc1ccc(CN(C)C2CCCC2)c(O)c1. The molecule has 0 bridgehead atoms. The van der Waals surface area contributed by atoms with Gasteiger partial charge < -0.3 is 9.84 Å². The van der Waals surface area contributed by atoms with Crippen molar-refractivity contribution in [2.24, 2.45) is 0 Å². The van der Waals surface area contributed by atoms with E-state index in [9.17, 15) is 5.11 Å². The van der Waals surface area contributed by atoms with Gasteiger partial charge in [-0.1, -0.05) is 18.9 Å². The Morgan fingerprint density at radius 2 is 2.06 bits per heavy atom. The van der Waals surface area contributed by atoms with E-state index in [0.29, 0.717) is 17.5 Å². The minimum absolute atomic E-state index is 0.328. The van der Waals surface area contributed by atoms with E-state index in [1.165, 1.54) is 25.7 Å². The molecule has 3 heteroatoms. The number of ether oxygens (including phenoxy) is 1. The maximum atomic E-state index is 9.91. The fourth-order valence-corrected chi connectivity index (χ4v) is 2.55. The predicted octanol–water partition coefficient (Wildman–Crippen LogP) is 2.78. The molecule has 1 fully saturated rings. The summed E-state index contributed by atoms with van der Waals surface area (Å²) in [6.07, 6.45) is 5.24. The fraction of sp³-hybridized carbons (Fsp3) is 0.571. The van der Waals surface area contributed by atoms with Crippen molar-refractivity contribution in [1.29, 1.82) is 0 Å². The van der Waals surface area contributed by atoms with Gasteiger partial charge >= 0.3 is 0 Å². The van der Waals surface area contributed by atoms with Gasteiger partial charge in [0.1, 0.15) is 11.5 Å². The van der Waals surface area contributed by atoms with E-state index in [1.54, 1.807) is 13.2 Å². The third-order valence-corrected chi connectivity index (χ3v) is 3.66. The molecule has 1 saturated carbocycles. The first-order valence-electron chi connectivity index (χ1n) is 6.27. The number of phenols is 1. The molecule has 0 radical (unpaired) electrons. The van der Waals surface area contributed by atoms with Crippen molar-refractivity contribution >= 4 is 0 Å². The highest BCUT2D eigenvalue weighted by Crippen LogP contribution is 2.28. The van der Waals surface area contributed by atoms with Gasteiger partial charge in [-0.3, -0.25) is 4.90 Å². The molecule has 1 aliphatic carbocycles. The zero-order valence-corrected chi connectivity index (χ0v) is 10.6. The highest BCUT2D eigenvalue weighted by molar-refractivity contribution is 5.39. The lowest BCUT2D eigenvalue weighted by atomic mass is 10.1. The van der Waals surface area contributed by atoms with Crippen LogP contribution in [0.4, 0.5) is 0 Å². The van der Waals surface area contributed by atoms with Crippen LogP contribution < -0.4 is 4.74 Å². The van der Waals surface area contributed by atoms with Crippen molar-refractivity contribution in [2.45, 2.75) is 38.3 Å². The molecule has 0 aromatic heterocycles. The Kier molecular flexibility index (Phi) is 3.89. The van der Waals surface area contributed by atoms with Crippen LogP contribution in [-0.4, -0.2) is 30.2 Å². The first-order chi connectivity index (χ1) is 8.20. The minimum Gasteiger partial charge on any atom is -0.507 e. The van der Waals surface area contributed by atoms with Gasteiger partial charge in [0.25, 0.3) is 0 Å². The summed E-state index contributed by atoms with van der Waals surface area (Å²) in [5, 5.41) is 9.91.